The number of nitrogens with zero attached hydrogens (tertiary/aromatic N) is 3. The second kappa shape index (κ2) is 6.11. The van der Waals surface area contributed by atoms with Crippen LogP contribution in [0.1, 0.15) is 17.7 Å². The molecule has 114 valence electrons. The first kappa shape index (κ1) is 14.4. The summed E-state index contributed by atoms with van der Waals surface area (Å²) in [4.78, 5) is 9.71. The van der Waals surface area contributed by atoms with Crippen LogP contribution in [0.2, 0.25) is 0 Å². The van der Waals surface area contributed by atoms with Gasteiger partial charge in [-0.2, -0.15) is 0 Å². The van der Waals surface area contributed by atoms with Gasteiger partial charge in [0.1, 0.15) is 0 Å². The number of pyridine rings is 1. The average Bonchev–Trinajstić information content (AvgIpc) is 3.10. The molecule has 4 rings (SSSR count). The third-order valence-corrected chi connectivity index (χ3v) is 5.39. The van der Waals surface area contributed by atoms with Crippen LogP contribution in [0.4, 0.5) is 0 Å². The molecule has 0 amide bonds. The largest absolute Gasteiger partial charge is 0.293 e. The lowest BCUT2D eigenvalue weighted by atomic mass is 10.2. The van der Waals surface area contributed by atoms with Crippen molar-refractivity contribution in [3.8, 4) is 0 Å². The predicted octanol–water partition coefficient (Wildman–Crippen LogP) is 3.30. The van der Waals surface area contributed by atoms with E-state index in [9.17, 15) is 0 Å². The molecule has 2 unspecified atom stereocenters. The maximum Gasteiger partial charge on any atom is 0.0544 e. The summed E-state index contributed by atoms with van der Waals surface area (Å²) in [6.07, 6.45) is 3.20. The number of aromatic nitrogens is 1. The molecule has 3 heterocycles. The molecule has 2 aromatic rings. The molecule has 2 atom stereocenters. The molecule has 0 radical (unpaired) electrons. The molecule has 1 aromatic heterocycles. The van der Waals surface area contributed by atoms with E-state index in [-0.39, 0.29) is 0 Å². The number of hydrogen-bond donors (Lipinski definition) is 0. The number of benzene rings is 1. The third kappa shape index (κ3) is 2.96. The van der Waals surface area contributed by atoms with E-state index in [1.165, 1.54) is 30.8 Å². The molecule has 0 N–H and O–H groups in total. The minimum Gasteiger partial charge on any atom is -0.293 e. The van der Waals surface area contributed by atoms with Crippen molar-refractivity contribution in [1.29, 1.82) is 0 Å². The molecule has 0 saturated carbocycles. The van der Waals surface area contributed by atoms with Crippen LogP contribution in [0.25, 0.3) is 0 Å². The first-order valence-electron chi connectivity index (χ1n) is 7.90. The summed E-state index contributed by atoms with van der Waals surface area (Å²) in [5.41, 5.74) is 2.60. The molecule has 2 aliphatic rings. The van der Waals surface area contributed by atoms with Gasteiger partial charge in [-0.15, -0.1) is 0 Å². The summed E-state index contributed by atoms with van der Waals surface area (Å²) in [7, 11) is 0. The third-order valence-electron chi connectivity index (χ3n) is 4.86. The van der Waals surface area contributed by atoms with Crippen molar-refractivity contribution in [2.24, 2.45) is 0 Å². The predicted molar refractivity (Wildman–Crippen MR) is 91.4 cm³/mol. The summed E-state index contributed by atoms with van der Waals surface area (Å²) >= 11 is 3.50. The van der Waals surface area contributed by atoms with Gasteiger partial charge in [-0.25, -0.2) is 0 Å². The quantitative estimate of drug-likeness (QED) is 0.836. The zero-order chi connectivity index (χ0) is 14.9. The van der Waals surface area contributed by atoms with Crippen LogP contribution in [-0.4, -0.2) is 40.0 Å². The van der Waals surface area contributed by atoms with Crippen molar-refractivity contribution in [1.82, 2.24) is 14.8 Å². The van der Waals surface area contributed by atoms with Crippen molar-refractivity contribution < 1.29 is 0 Å². The molecule has 2 fully saturated rings. The Labute approximate surface area is 140 Å². The highest BCUT2D eigenvalue weighted by Crippen LogP contribution is 2.32. The lowest BCUT2D eigenvalue weighted by Gasteiger charge is -2.34. The molecule has 0 aliphatic carbocycles. The lowest BCUT2D eigenvalue weighted by molar-refractivity contribution is 0.117. The Balaban J connectivity index is 1.36. The van der Waals surface area contributed by atoms with Gasteiger partial charge in [0, 0.05) is 48.9 Å². The number of halogens is 1. The Morgan fingerprint density at radius 3 is 2.32 bits per heavy atom. The molecule has 3 nitrogen and oxygen atoms in total. The second-order valence-corrected chi connectivity index (χ2v) is 7.27. The van der Waals surface area contributed by atoms with E-state index in [0.29, 0.717) is 12.1 Å². The van der Waals surface area contributed by atoms with Crippen LogP contribution >= 0.6 is 15.9 Å². The zero-order valence-electron chi connectivity index (χ0n) is 12.5. The topological polar surface area (TPSA) is 19.4 Å². The lowest BCUT2D eigenvalue weighted by Crippen LogP contribution is -2.45. The van der Waals surface area contributed by atoms with E-state index < -0.39 is 0 Å². The molecule has 2 saturated heterocycles. The van der Waals surface area contributed by atoms with Gasteiger partial charge in [0.05, 0.1) is 5.69 Å². The number of hydrogen-bond acceptors (Lipinski definition) is 3. The highest BCUT2D eigenvalue weighted by molar-refractivity contribution is 9.10. The van der Waals surface area contributed by atoms with Crippen LogP contribution in [-0.2, 0) is 13.1 Å². The Morgan fingerprint density at radius 2 is 1.68 bits per heavy atom. The van der Waals surface area contributed by atoms with Gasteiger partial charge in [0.2, 0.25) is 0 Å². The van der Waals surface area contributed by atoms with Crippen molar-refractivity contribution >= 4 is 15.9 Å². The molecular weight excluding hydrogens is 338 g/mol. The van der Waals surface area contributed by atoms with E-state index in [1.54, 1.807) is 0 Å². The Kier molecular flexibility index (Phi) is 3.99. The van der Waals surface area contributed by atoms with Crippen molar-refractivity contribution in [2.75, 3.05) is 13.1 Å². The number of fused-ring (bicyclic) bond motifs is 2. The standard InChI is InChI=1S/C18H20BrN3/c19-15-6-4-14(5-7-15)10-21-12-18-9-17(21)13-22(18)11-16-3-1-2-8-20-16/h1-8,17-18H,9-13H2. The van der Waals surface area contributed by atoms with Gasteiger partial charge in [-0.1, -0.05) is 34.1 Å². The monoisotopic (exact) mass is 357 g/mol. The Bertz CT molecular complexity index is 629. The fraction of sp³-hybridized carbons (Fsp3) is 0.389. The van der Waals surface area contributed by atoms with Crippen LogP contribution < -0.4 is 0 Å². The summed E-state index contributed by atoms with van der Waals surface area (Å²) < 4.78 is 1.15. The normalized spacial score (nSPS) is 25.0. The van der Waals surface area contributed by atoms with E-state index in [2.05, 4.69) is 67.1 Å². The van der Waals surface area contributed by atoms with Crippen LogP contribution in [0.5, 0.6) is 0 Å². The van der Waals surface area contributed by atoms with E-state index in [1.807, 2.05) is 12.3 Å². The second-order valence-electron chi connectivity index (χ2n) is 6.35. The SMILES string of the molecule is Brc1ccc(CN2CC3CC2CN3Cc2ccccn2)cc1. The van der Waals surface area contributed by atoms with E-state index >= 15 is 0 Å². The summed E-state index contributed by atoms with van der Waals surface area (Å²) in [6.45, 7) is 4.44. The fourth-order valence-corrected chi connectivity index (χ4v) is 4.01. The van der Waals surface area contributed by atoms with Gasteiger partial charge >= 0.3 is 0 Å². The van der Waals surface area contributed by atoms with E-state index in [0.717, 1.165) is 17.6 Å². The fourth-order valence-electron chi connectivity index (χ4n) is 3.74. The molecule has 2 aliphatic heterocycles. The van der Waals surface area contributed by atoms with Crippen LogP contribution in [0, 0.1) is 0 Å². The van der Waals surface area contributed by atoms with Gasteiger partial charge in [-0.05, 0) is 36.2 Å². The smallest absolute Gasteiger partial charge is 0.0544 e. The molecule has 2 bridgehead atoms. The summed E-state index contributed by atoms with van der Waals surface area (Å²) in [5.74, 6) is 0. The molecule has 0 spiro atoms. The summed E-state index contributed by atoms with van der Waals surface area (Å²) in [5, 5.41) is 0. The van der Waals surface area contributed by atoms with Gasteiger partial charge in [-0.3, -0.25) is 14.8 Å². The molecule has 4 heteroatoms. The van der Waals surface area contributed by atoms with Gasteiger partial charge in [0.25, 0.3) is 0 Å². The number of rotatable bonds is 4. The highest BCUT2D eigenvalue weighted by atomic mass is 79.9. The first-order valence-corrected chi connectivity index (χ1v) is 8.70. The number of piperazine rings is 1. The van der Waals surface area contributed by atoms with Crippen molar-refractivity contribution in [2.45, 2.75) is 31.6 Å². The summed E-state index contributed by atoms with van der Waals surface area (Å²) in [6, 6.07) is 16.3. The zero-order valence-corrected chi connectivity index (χ0v) is 14.1. The Hall–Kier alpha value is -1.23. The molecule has 22 heavy (non-hydrogen) atoms. The van der Waals surface area contributed by atoms with Crippen molar-refractivity contribution in [3.05, 3.63) is 64.4 Å². The van der Waals surface area contributed by atoms with Gasteiger partial charge < -0.3 is 0 Å². The highest BCUT2D eigenvalue weighted by Gasteiger charge is 2.42. The first-order chi connectivity index (χ1) is 10.8. The van der Waals surface area contributed by atoms with Crippen molar-refractivity contribution in [3.63, 3.8) is 0 Å². The van der Waals surface area contributed by atoms with Crippen LogP contribution in [0.15, 0.2) is 53.1 Å². The maximum atomic E-state index is 4.46. The molecule has 1 aromatic carbocycles. The maximum absolute atomic E-state index is 4.46. The minimum atomic E-state index is 0.697. The van der Waals surface area contributed by atoms with E-state index in [4.69, 9.17) is 0 Å². The van der Waals surface area contributed by atoms with Crippen LogP contribution in [0.3, 0.4) is 0 Å². The molecular formula is C18H20BrN3. The number of likely N-dealkylation sites (tertiary alicyclic amines) is 2. The van der Waals surface area contributed by atoms with Gasteiger partial charge in [0.15, 0.2) is 0 Å². The average molecular weight is 358 g/mol. The minimum absolute atomic E-state index is 0.697. The Morgan fingerprint density at radius 1 is 0.955 bits per heavy atom.